The minimum atomic E-state index is -2.03. The van der Waals surface area contributed by atoms with Gasteiger partial charge < -0.3 is 4.57 Å². The Labute approximate surface area is 70.3 Å². The molecule has 0 radical (unpaired) electrons. The first-order chi connectivity index (χ1) is 4.80. The Morgan fingerprint density at radius 2 is 1.55 bits per heavy atom. The van der Waals surface area contributed by atoms with Crippen LogP contribution < -0.4 is 0 Å². The van der Waals surface area contributed by atoms with Crippen LogP contribution in [0.15, 0.2) is 10.9 Å². The first-order valence-electron chi connectivity index (χ1n) is 4.02. The van der Waals surface area contributed by atoms with Gasteiger partial charge in [0.1, 0.15) is 7.14 Å². The van der Waals surface area contributed by atoms with Crippen LogP contribution in [0.4, 0.5) is 0 Å². The molecule has 1 unspecified atom stereocenters. The predicted molar refractivity (Wildman–Crippen MR) is 52.7 cm³/mol. The summed E-state index contributed by atoms with van der Waals surface area (Å²) in [7, 11) is -2.03. The fraction of sp³-hybridized carbons (Fsp3) is 0.778. The number of allylic oxidation sites excluding steroid dienone is 2. The van der Waals surface area contributed by atoms with Crippen molar-refractivity contribution in [3.63, 3.8) is 0 Å². The Morgan fingerprint density at radius 3 is 1.64 bits per heavy atom. The van der Waals surface area contributed by atoms with E-state index in [1.54, 1.807) is 0 Å². The Morgan fingerprint density at radius 1 is 1.18 bits per heavy atom. The molecule has 0 heterocycles. The summed E-state index contributed by atoms with van der Waals surface area (Å²) < 4.78 is 12.0. The van der Waals surface area contributed by atoms with Crippen LogP contribution in [0.25, 0.3) is 0 Å². The summed E-state index contributed by atoms with van der Waals surface area (Å²) in [5.74, 6) is 0. The third-order valence-electron chi connectivity index (χ3n) is 2.38. The second kappa shape index (κ2) is 3.58. The van der Waals surface area contributed by atoms with Gasteiger partial charge in [0.2, 0.25) is 0 Å². The summed E-state index contributed by atoms with van der Waals surface area (Å²) in [6.07, 6.45) is 0. The van der Waals surface area contributed by atoms with Gasteiger partial charge in [0.15, 0.2) is 0 Å². The molecule has 11 heavy (non-hydrogen) atoms. The maximum absolute atomic E-state index is 12.0. The predicted octanol–water partition coefficient (Wildman–Crippen LogP) is 3.70. The Hall–Kier alpha value is -0.0300. The molecule has 0 saturated heterocycles. The minimum Gasteiger partial charge on any atom is -0.319 e. The molecule has 66 valence electrons. The van der Waals surface area contributed by atoms with Gasteiger partial charge in [-0.3, -0.25) is 0 Å². The highest BCUT2D eigenvalue weighted by Crippen LogP contribution is 2.55. The van der Waals surface area contributed by atoms with E-state index in [0.717, 1.165) is 5.31 Å². The molecular weight excluding hydrogens is 155 g/mol. The lowest BCUT2D eigenvalue weighted by Crippen LogP contribution is -1.98. The molecule has 0 aromatic rings. The standard InChI is InChI=1S/C9H19OP/c1-7(2)9(5)11(6,10)8(3)4/h8H,1-6H3. The van der Waals surface area contributed by atoms with Crippen LogP contribution in [-0.2, 0) is 4.57 Å². The fourth-order valence-electron chi connectivity index (χ4n) is 0.831. The van der Waals surface area contributed by atoms with Gasteiger partial charge in [-0.25, -0.2) is 0 Å². The van der Waals surface area contributed by atoms with Crippen molar-refractivity contribution < 1.29 is 4.57 Å². The Kier molecular flexibility index (Phi) is 3.57. The van der Waals surface area contributed by atoms with Crippen LogP contribution in [0.3, 0.4) is 0 Å². The lowest BCUT2D eigenvalue weighted by atomic mass is 10.3. The second-order valence-corrected chi connectivity index (χ2v) is 7.35. The molecule has 0 amide bonds. The van der Waals surface area contributed by atoms with Gasteiger partial charge in [0, 0.05) is 5.66 Å². The summed E-state index contributed by atoms with van der Waals surface area (Å²) in [6.45, 7) is 11.9. The number of hydrogen-bond donors (Lipinski definition) is 0. The average molecular weight is 174 g/mol. The zero-order valence-electron chi connectivity index (χ0n) is 8.43. The van der Waals surface area contributed by atoms with E-state index in [4.69, 9.17) is 0 Å². The van der Waals surface area contributed by atoms with Gasteiger partial charge in [-0.2, -0.15) is 0 Å². The van der Waals surface area contributed by atoms with E-state index < -0.39 is 7.14 Å². The summed E-state index contributed by atoms with van der Waals surface area (Å²) in [4.78, 5) is 0. The van der Waals surface area contributed by atoms with Crippen LogP contribution in [0.5, 0.6) is 0 Å². The molecule has 0 bridgehead atoms. The van der Waals surface area contributed by atoms with Crippen molar-refractivity contribution in [3.05, 3.63) is 10.9 Å². The molecule has 1 atom stereocenters. The molecule has 0 saturated carbocycles. The quantitative estimate of drug-likeness (QED) is 0.583. The Bertz CT molecular complexity index is 210. The molecule has 0 rings (SSSR count). The van der Waals surface area contributed by atoms with Gasteiger partial charge in [-0.15, -0.1) is 0 Å². The number of rotatable bonds is 2. The fourth-order valence-corrected chi connectivity index (χ4v) is 2.49. The summed E-state index contributed by atoms with van der Waals surface area (Å²) in [5.41, 5.74) is 1.47. The van der Waals surface area contributed by atoms with Crippen LogP contribution in [0.1, 0.15) is 34.6 Å². The SMILES string of the molecule is CC(C)=C(C)P(C)(=O)C(C)C. The van der Waals surface area contributed by atoms with Crippen LogP contribution in [0, 0.1) is 0 Å². The van der Waals surface area contributed by atoms with E-state index in [1.807, 2.05) is 41.3 Å². The lowest BCUT2D eigenvalue weighted by molar-refractivity contribution is 0.576. The van der Waals surface area contributed by atoms with E-state index >= 15 is 0 Å². The van der Waals surface area contributed by atoms with Crippen LogP contribution in [0.2, 0.25) is 0 Å². The van der Waals surface area contributed by atoms with Crippen molar-refractivity contribution in [3.8, 4) is 0 Å². The van der Waals surface area contributed by atoms with Crippen LogP contribution >= 0.6 is 7.14 Å². The Balaban J connectivity index is 4.87. The van der Waals surface area contributed by atoms with E-state index in [0.29, 0.717) is 0 Å². The van der Waals surface area contributed by atoms with Crippen molar-refractivity contribution in [2.24, 2.45) is 0 Å². The molecule has 0 fully saturated rings. The zero-order chi connectivity index (χ0) is 9.23. The molecule has 0 aliphatic heterocycles. The second-order valence-electron chi connectivity index (χ2n) is 3.67. The smallest absolute Gasteiger partial charge is 0.110 e. The summed E-state index contributed by atoms with van der Waals surface area (Å²) in [5, 5.41) is 1.09. The third-order valence-corrected chi connectivity index (χ3v) is 6.13. The first kappa shape index (κ1) is 11.0. The molecule has 0 aromatic carbocycles. The highest BCUT2D eigenvalue weighted by Gasteiger charge is 2.22. The number of hydrogen-bond acceptors (Lipinski definition) is 1. The average Bonchev–Trinajstić information content (AvgIpc) is 1.85. The monoisotopic (exact) mass is 174 g/mol. The molecule has 0 N–H and O–H groups in total. The van der Waals surface area contributed by atoms with E-state index in [1.165, 1.54) is 5.57 Å². The van der Waals surface area contributed by atoms with Gasteiger partial charge >= 0.3 is 0 Å². The van der Waals surface area contributed by atoms with Gasteiger partial charge in [0.05, 0.1) is 0 Å². The summed E-state index contributed by atoms with van der Waals surface area (Å²) in [6, 6.07) is 0. The molecule has 0 spiro atoms. The van der Waals surface area contributed by atoms with Gasteiger partial charge in [-0.05, 0) is 32.8 Å². The highest BCUT2D eigenvalue weighted by molar-refractivity contribution is 7.68. The van der Waals surface area contributed by atoms with Gasteiger partial charge in [0.25, 0.3) is 0 Å². The zero-order valence-corrected chi connectivity index (χ0v) is 9.33. The first-order valence-corrected chi connectivity index (χ1v) is 6.24. The van der Waals surface area contributed by atoms with E-state index in [-0.39, 0.29) is 5.66 Å². The van der Waals surface area contributed by atoms with E-state index in [2.05, 4.69) is 0 Å². The highest BCUT2D eigenvalue weighted by atomic mass is 31.2. The largest absolute Gasteiger partial charge is 0.319 e. The van der Waals surface area contributed by atoms with Crippen molar-refractivity contribution >= 4 is 7.14 Å². The molecule has 1 nitrogen and oxygen atoms in total. The summed E-state index contributed by atoms with van der Waals surface area (Å²) >= 11 is 0. The van der Waals surface area contributed by atoms with Gasteiger partial charge in [-0.1, -0.05) is 19.4 Å². The third kappa shape index (κ3) is 2.48. The van der Waals surface area contributed by atoms with E-state index in [9.17, 15) is 4.57 Å². The van der Waals surface area contributed by atoms with Crippen molar-refractivity contribution in [1.29, 1.82) is 0 Å². The topological polar surface area (TPSA) is 17.1 Å². The van der Waals surface area contributed by atoms with Crippen LogP contribution in [-0.4, -0.2) is 12.3 Å². The molecule has 0 aromatic heterocycles. The van der Waals surface area contributed by atoms with Crippen molar-refractivity contribution in [2.45, 2.75) is 40.3 Å². The maximum atomic E-state index is 12.0. The minimum absolute atomic E-state index is 0.275. The molecular formula is C9H19OP. The lowest BCUT2D eigenvalue weighted by Gasteiger charge is -2.19. The van der Waals surface area contributed by atoms with Crippen molar-refractivity contribution in [2.75, 3.05) is 6.66 Å². The van der Waals surface area contributed by atoms with Crippen molar-refractivity contribution in [1.82, 2.24) is 0 Å². The maximum Gasteiger partial charge on any atom is 0.110 e. The normalized spacial score (nSPS) is 16.3. The molecule has 0 aliphatic carbocycles. The molecule has 0 aliphatic rings. The molecule has 2 heteroatoms.